The summed E-state index contributed by atoms with van der Waals surface area (Å²) in [5, 5.41) is 7.76. The van der Waals surface area contributed by atoms with E-state index in [2.05, 4.69) is 10.5 Å². The second kappa shape index (κ2) is 9.41. The van der Waals surface area contributed by atoms with Crippen molar-refractivity contribution >= 4 is 5.91 Å². The normalized spacial score (nSPS) is 22.4. The Kier molecular flexibility index (Phi) is 6.46. The minimum Gasteiger partial charge on any atom is -0.497 e. The number of methoxy groups -OCH3 is 1. The molecule has 2 aliphatic rings. The van der Waals surface area contributed by atoms with Gasteiger partial charge in [0.1, 0.15) is 5.75 Å². The van der Waals surface area contributed by atoms with Gasteiger partial charge >= 0.3 is 0 Å². The fraction of sp³-hybridized carbons (Fsp3) is 0.545. The molecule has 2 fully saturated rings. The molecule has 2 atom stereocenters. The lowest BCUT2D eigenvalue weighted by Gasteiger charge is -2.34. The molecule has 2 aromatic rings. The van der Waals surface area contributed by atoms with E-state index in [1.54, 1.807) is 7.11 Å². The number of morpholine rings is 1. The molecule has 7 nitrogen and oxygen atoms in total. The Labute approximate surface area is 171 Å². The highest BCUT2D eigenvalue weighted by atomic mass is 16.5. The molecule has 1 aromatic carbocycles. The third kappa shape index (κ3) is 4.97. The molecule has 0 aliphatic carbocycles. The Bertz CT molecular complexity index is 799. The number of rotatable bonds is 6. The number of carbonyl (C=O) groups is 1. The number of piperidine rings is 1. The summed E-state index contributed by atoms with van der Waals surface area (Å²) < 4.78 is 16.1. The van der Waals surface area contributed by atoms with Gasteiger partial charge in [-0.1, -0.05) is 5.16 Å². The second-order valence-corrected chi connectivity index (χ2v) is 7.83. The first-order valence-electron chi connectivity index (χ1n) is 10.4. The maximum absolute atomic E-state index is 12.7. The minimum atomic E-state index is 0.254. The molecule has 4 rings (SSSR count). The Hall–Kier alpha value is -2.38. The Balaban J connectivity index is 1.39. The molecule has 0 bridgehead atoms. The monoisotopic (exact) mass is 399 g/mol. The van der Waals surface area contributed by atoms with Crippen molar-refractivity contribution in [3.8, 4) is 17.1 Å². The van der Waals surface area contributed by atoms with Crippen LogP contribution in [0.25, 0.3) is 11.3 Å². The summed E-state index contributed by atoms with van der Waals surface area (Å²) in [7, 11) is 1.65. The van der Waals surface area contributed by atoms with Crippen molar-refractivity contribution in [3.05, 3.63) is 36.0 Å². The summed E-state index contributed by atoms with van der Waals surface area (Å²) in [5.74, 6) is 2.57. The zero-order valence-electron chi connectivity index (χ0n) is 16.9. The third-order valence-electron chi connectivity index (χ3n) is 5.97. The van der Waals surface area contributed by atoms with Gasteiger partial charge in [0.15, 0.2) is 5.76 Å². The van der Waals surface area contributed by atoms with E-state index in [9.17, 15) is 4.79 Å². The molecule has 0 saturated carbocycles. The number of hydrogen-bond donors (Lipinski definition) is 1. The van der Waals surface area contributed by atoms with Crippen LogP contribution < -0.4 is 10.1 Å². The highest BCUT2D eigenvalue weighted by Crippen LogP contribution is 2.29. The lowest BCUT2D eigenvalue weighted by atomic mass is 9.81. The van der Waals surface area contributed by atoms with Gasteiger partial charge in [-0.2, -0.15) is 0 Å². The van der Waals surface area contributed by atoms with Gasteiger partial charge in [0, 0.05) is 31.1 Å². The number of aromatic nitrogens is 1. The summed E-state index contributed by atoms with van der Waals surface area (Å²) in [4.78, 5) is 14.7. The predicted octanol–water partition coefficient (Wildman–Crippen LogP) is 2.37. The van der Waals surface area contributed by atoms with Crippen LogP contribution in [0.4, 0.5) is 0 Å². The summed E-state index contributed by atoms with van der Waals surface area (Å²) >= 11 is 0. The van der Waals surface area contributed by atoms with Crippen molar-refractivity contribution in [2.24, 2.45) is 11.8 Å². The van der Waals surface area contributed by atoms with E-state index in [-0.39, 0.29) is 5.91 Å². The van der Waals surface area contributed by atoms with Gasteiger partial charge in [0.2, 0.25) is 5.91 Å². The molecule has 156 valence electrons. The van der Waals surface area contributed by atoms with E-state index in [0.29, 0.717) is 44.6 Å². The standard InChI is InChI=1S/C22H29N3O4/c1-27-20-4-2-16(3-5-20)21-14-19(24-29-21)12-18-15-23-7-6-17(18)13-22(26)25-8-10-28-11-9-25/h2-5,14,17-18,23H,6-13,15H2,1H3/t17-,18-/m0/s1. The van der Waals surface area contributed by atoms with Crippen LogP contribution in [0.15, 0.2) is 34.9 Å². The number of nitrogens with one attached hydrogen (secondary N) is 1. The molecule has 2 aliphatic heterocycles. The summed E-state index contributed by atoms with van der Waals surface area (Å²) in [6.07, 6.45) is 2.44. The zero-order valence-corrected chi connectivity index (χ0v) is 16.9. The van der Waals surface area contributed by atoms with Crippen molar-refractivity contribution in [2.75, 3.05) is 46.5 Å². The first-order chi connectivity index (χ1) is 14.2. The highest BCUT2D eigenvalue weighted by Gasteiger charge is 2.30. The van der Waals surface area contributed by atoms with Gasteiger partial charge < -0.3 is 24.2 Å². The molecule has 1 N–H and O–H groups in total. The Morgan fingerprint density at radius 3 is 2.79 bits per heavy atom. The quantitative estimate of drug-likeness (QED) is 0.804. The van der Waals surface area contributed by atoms with Crippen molar-refractivity contribution < 1.29 is 18.8 Å². The maximum atomic E-state index is 12.7. The van der Waals surface area contributed by atoms with E-state index in [1.165, 1.54) is 0 Å². The first kappa shape index (κ1) is 19.9. The van der Waals surface area contributed by atoms with Crippen LogP contribution in [0.2, 0.25) is 0 Å². The number of amides is 1. The maximum Gasteiger partial charge on any atom is 0.223 e. The number of ether oxygens (including phenoxy) is 2. The van der Waals surface area contributed by atoms with E-state index in [0.717, 1.165) is 48.7 Å². The molecule has 1 aromatic heterocycles. The van der Waals surface area contributed by atoms with Crippen LogP contribution in [0.1, 0.15) is 18.5 Å². The number of carbonyl (C=O) groups excluding carboxylic acids is 1. The SMILES string of the molecule is COc1ccc(-c2cc(C[C@H]3CNCC[C@H]3CC(=O)N3CCOCC3)no2)cc1. The van der Waals surface area contributed by atoms with E-state index in [4.69, 9.17) is 14.0 Å². The molecule has 7 heteroatoms. The zero-order chi connectivity index (χ0) is 20.1. The lowest BCUT2D eigenvalue weighted by Crippen LogP contribution is -2.44. The second-order valence-electron chi connectivity index (χ2n) is 7.83. The smallest absolute Gasteiger partial charge is 0.223 e. The molecule has 0 unspecified atom stereocenters. The molecule has 3 heterocycles. The Morgan fingerprint density at radius 1 is 1.24 bits per heavy atom. The summed E-state index contributed by atoms with van der Waals surface area (Å²) in [5.41, 5.74) is 1.92. The fourth-order valence-corrected chi connectivity index (χ4v) is 4.22. The van der Waals surface area contributed by atoms with E-state index >= 15 is 0 Å². The van der Waals surface area contributed by atoms with Crippen LogP contribution in [-0.2, 0) is 16.0 Å². The number of nitrogens with zero attached hydrogens (tertiary/aromatic N) is 2. The average Bonchev–Trinajstić information content (AvgIpc) is 3.24. The van der Waals surface area contributed by atoms with Gasteiger partial charge in [0.05, 0.1) is 26.0 Å². The van der Waals surface area contributed by atoms with Crippen LogP contribution in [-0.4, -0.2) is 62.5 Å². The van der Waals surface area contributed by atoms with Crippen molar-refractivity contribution in [3.63, 3.8) is 0 Å². The molecular formula is C22H29N3O4. The minimum absolute atomic E-state index is 0.254. The topological polar surface area (TPSA) is 76.8 Å². The summed E-state index contributed by atoms with van der Waals surface area (Å²) in [6, 6.07) is 9.77. The largest absolute Gasteiger partial charge is 0.497 e. The van der Waals surface area contributed by atoms with Crippen molar-refractivity contribution in [1.82, 2.24) is 15.4 Å². The van der Waals surface area contributed by atoms with Crippen LogP contribution in [0.5, 0.6) is 5.75 Å². The average molecular weight is 399 g/mol. The molecule has 29 heavy (non-hydrogen) atoms. The summed E-state index contributed by atoms with van der Waals surface area (Å²) in [6.45, 7) is 4.59. The van der Waals surface area contributed by atoms with Gasteiger partial charge in [-0.25, -0.2) is 0 Å². The van der Waals surface area contributed by atoms with E-state index < -0.39 is 0 Å². The van der Waals surface area contributed by atoms with Crippen molar-refractivity contribution in [1.29, 1.82) is 0 Å². The van der Waals surface area contributed by atoms with Gasteiger partial charge in [-0.15, -0.1) is 0 Å². The molecule has 2 saturated heterocycles. The van der Waals surface area contributed by atoms with Crippen LogP contribution in [0, 0.1) is 11.8 Å². The predicted molar refractivity (Wildman–Crippen MR) is 109 cm³/mol. The van der Waals surface area contributed by atoms with Crippen LogP contribution >= 0.6 is 0 Å². The molecule has 1 amide bonds. The molecular weight excluding hydrogens is 370 g/mol. The fourth-order valence-electron chi connectivity index (χ4n) is 4.22. The van der Waals surface area contributed by atoms with Gasteiger partial charge in [-0.05, 0) is 62.0 Å². The van der Waals surface area contributed by atoms with Crippen LogP contribution in [0.3, 0.4) is 0 Å². The third-order valence-corrected chi connectivity index (χ3v) is 5.97. The Morgan fingerprint density at radius 2 is 2.03 bits per heavy atom. The number of hydrogen-bond acceptors (Lipinski definition) is 6. The number of benzene rings is 1. The molecule has 0 spiro atoms. The van der Waals surface area contributed by atoms with Gasteiger partial charge in [-0.3, -0.25) is 4.79 Å². The first-order valence-corrected chi connectivity index (χ1v) is 10.4. The van der Waals surface area contributed by atoms with Gasteiger partial charge in [0.25, 0.3) is 0 Å². The molecule has 0 radical (unpaired) electrons. The highest BCUT2D eigenvalue weighted by molar-refractivity contribution is 5.76. The van der Waals surface area contributed by atoms with Crippen molar-refractivity contribution in [2.45, 2.75) is 19.3 Å². The lowest BCUT2D eigenvalue weighted by molar-refractivity contribution is -0.136. The van der Waals surface area contributed by atoms with E-state index in [1.807, 2.05) is 35.2 Å².